The smallest absolute Gasteiger partial charge is 0.116 e. The second kappa shape index (κ2) is 7.16. The number of rotatable bonds is 6. The number of nitrogens with zero attached hydrogens (tertiary/aromatic N) is 4. The van der Waals surface area contributed by atoms with E-state index in [0.29, 0.717) is 5.56 Å². The monoisotopic (exact) mass is 323 g/mol. The van der Waals surface area contributed by atoms with Crippen LogP contribution < -0.4 is 5.32 Å². The van der Waals surface area contributed by atoms with Crippen LogP contribution in [0.25, 0.3) is 10.9 Å². The fourth-order valence-corrected chi connectivity index (χ4v) is 3.05. The molecule has 116 valence electrons. The van der Waals surface area contributed by atoms with Gasteiger partial charge in [0.1, 0.15) is 16.7 Å². The zero-order chi connectivity index (χ0) is 16.1. The zero-order valence-corrected chi connectivity index (χ0v) is 13.7. The van der Waals surface area contributed by atoms with Crippen LogP contribution in [0.15, 0.2) is 47.8 Å². The number of anilines is 1. The van der Waals surface area contributed by atoms with Gasteiger partial charge in [-0.25, -0.2) is 4.98 Å². The third kappa shape index (κ3) is 3.30. The number of benzene rings is 1. The van der Waals surface area contributed by atoms with Gasteiger partial charge in [0, 0.05) is 30.9 Å². The Morgan fingerprint density at radius 1 is 1.30 bits per heavy atom. The lowest BCUT2D eigenvalue weighted by Gasteiger charge is -2.13. The van der Waals surface area contributed by atoms with Gasteiger partial charge in [-0.1, -0.05) is 18.2 Å². The number of thioether (sulfide) groups is 1. The van der Waals surface area contributed by atoms with Gasteiger partial charge < -0.3 is 5.32 Å². The van der Waals surface area contributed by atoms with E-state index in [0.717, 1.165) is 41.1 Å². The molecule has 0 bridgehead atoms. The third-order valence-corrected chi connectivity index (χ3v) is 4.27. The molecule has 2 aromatic heterocycles. The molecule has 1 N–H and O–H groups in total. The number of nitrogens with one attached hydrogen (secondary N) is 1. The Bertz CT molecular complexity index is 836. The van der Waals surface area contributed by atoms with E-state index in [9.17, 15) is 5.26 Å². The summed E-state index contributed by atoms with van der Waals surface area (Å²) >= 11 is 1.50. The van der Waals surface area contributed by atoms with E-state index in [1.807, 2.05) is 47.5 Å². The summed E-state index contributed by atoms with van der Waals surface area (Å²) in [4.78, 5) is 4.58. The first-order chi connectivity index (χ1) is 11.3. The number of hydrogen-bond acceptors (Lipinski definition) is 5. The number of nitriles is 1. The lowest BCUT2D eigenvalue weighted by atomic mass is 10.1. The molecule has 1 aromatic carbocycles. The highest BCUT2D eigenvalue weighted by Gasteiger charge is 2.13. The molecule has 2 heterocycles. The first-order valence-corrected chi connectivity index (χ1v) is 8.64. The van der Waals surface area contributed by atoms with Gasteiger partial charge in [-0.05, 0) is 24.8 Å². The number of hydrogen-bond donors (Lipinski definition) is 1. The van der Waals surface area contributed by atoms with Crippen LogP contribution in [-0.2, 0) is 6.54 Å². The van der Waals surface area contributed by atoms with E-state index < -0.39 is 0 Å². The van der Waals surface area contributed by atoms with Crippen molar-refractivity contribution in [1.82, 2.24) is 14.8 Å². The van der Waals surface area contributed by atoms with Crippen LogP contribution in [0, 0.1) is 11.3 Å². The average Bonchev–Trinajstić information content (AvgIpc) is 3.11. The summed E-state index contributed by atoms with van der Waals surface area (Å²) in [7, 11) is 0. The standard InChI is InChI=1S/C17H17N5S/c1-23-17-14(12-18)16(13-6-2-3-7-15(13)21-17)19-8-4-10-22-11-5-9-20-22/h2-3,5-7,9,11H,4,8,10H2,1H3,(H,19,21). The highest BCUT2D eigenvalue weighted by molar-refractivity contribution is 7.98. The van der Waals surface area contributed by atoms with Crippen molar-refractivity contribution >= 4 is 28.4 Å². The van der Waals surface area contributed by atoms with Crippen LogP contribution in [-0.4, -0.2) is 27.6 Å². The Hall–Kier alpha value is -2.52. The summed E-state index contributed by atoms with van der Waals surface area (Å²) in [5.74, 6) is 0. The van der Waals surface area contributed by atoms with E-state index >= 15 is 0 Å². The van der Waals surface area contributed by atoms with E-state index in [1.165, 1.54) is 11.8 Å². The molecule has 0 unspecified atom stereocenters. The lowest BCUT2D eigenvalue weighted by molar-refractivity contribution is 0.592. The minimum atomic E-state index is 0.621. The van der Waals surface area contributed by atoms with E-state index in [2.05, 4.69) is 21.5 Å². The van der Waals surface area contributed by atoms with Gasteiger partial charge in [-0.2, -0.15) is 10.4 Å². The van der Waals surface area contributed by atoms with Gasteiger partial charge in [0.25, 0.3) is 0 Å². The van der Waals surface area contributed by atoms with Crippen LogP contribution in [0.5, 0.6) is 0 Å². The van der Waals surface area contributed by atoms with Crippen molar-refractivity contribution in [3.8, 4) is 6.07 Å². The predicted molar refractivity (Wildman–Crippen MR) is 93.6 cm³/mol. The van der Waals surface area contributed by atoms with E-state index in [-0.39, 0.29) is 0 Å². The Morgan fingerprint density at radius 2 is 2.17 bits per heavy atom. The topological polar surface area (TPSA) is 66.5 Å². The fraction of sp³-hybridized carbons (Fsp3) is 0.235. The molecule has 0 aliphatic heterocycles. The van der Waals surface area contributed by atoms with Gasteiger partial charge in [0.05, 0.1) is 11.2 Å². The molecule has 0 radical (unpaired) electrons. The van der Waals surface area contributed by atoms with Crippen molar-refractivity contribution in [2.45, 2.75) is 18.0 Å². The molecule has 0 spiro atoms. The minimum absolute atomic E-state index is 0.621. The van der Waals surface area contributed by atoms with Gasteiger partial charge in [-0.3, -0.25) is 4.68 Å². The number of aromatic nitrogens is 3. The molecular formula is C17H17N5S. The molecule has 23 heavy (non-hydrogen) atoms. The summed E-state index contributed by atoms with van der Waals surface area (Å²) in [5.41, 5.74) is 2.41. The Balaban J connectivity index is 1.84. The lowest BCUT2D eigenvalue weighted by Crippen LogP contribution is -2.09. The van der Waals surface area contributed by atoms with E-state index in [1.54, 1.807) is 6.20 Å². The molecule has 0 saturated carbocycles. The highest BCUT2D eigenvalue weighted by atomic mass is 32.2. The summed E-state index contributed by atoms with van der Waals surface area (Å²) in [6, 6.07) is 12.1. The van der Waals surface area contributed by atoms with Gasteiger partial charge >= 0.3 is 0 Å². The van der Waals surface area contributed by atoms with Gasteiger partial charge in [0.2, 0.25) is 0 Å². The van der Waals surface area contributed by atoms with E-state index in [4.69, 9.17) is 0 Å². The van der Waals surface area contributed by atoms with Crippen molar-refractivity contribution in [1.29, 1.82) is 5.26 Å². The maximum Gasteiger partial charge on any atom is 0.116 e. The second-order valence-corrected chi connectivity index (χ2v) is 5.84. The van der Waals surface area contributed by atoms with Crippen LogP contribution >= 0.6 is 11.8 Å². The zero-order valence-electron chi connectivity index (χ0n) is 12.9. The van der Waals surface area contributed by atoms with Crippen molar-refractivity contribution < 1.29 is 0 Å². The molecule has 0 aliphatic rings. The first kappa shape index (κ1) is 15.4. The molecule has 0 amide bonds. The maximum atomic E-state index is 9.54. The summed E-state index contributed by atoms with van der Waals surface area (Å²) < 4.78 is 1.91. The van der Waals surface area contributed by atoms with Gasteiger partial charge in [-0.15, -0.1) is 11.8 Å². The number of aryl methyl sites for hydroxylation is 1. The third-order valence-electron chi connectivity index (χ3n) is 3.59. The molecule has 0 fully saturated rings. The maximum absolute atomic E-state index is 9.54. The normalized spacial score (nSPS) is 10.6. The number of para-hydroxylation sites is 1. The Kier molecular flexibility index (Phi) is 4.79. The SMILES string of the molecule is CSc1nc2ccccc2c(NCCCn2cccn2)c1C#N. The molecule has 0 atom stereocenters. The molecular weight excluding hydrogens is 306 g/mol. The molecule has 5 nitrogen and oxygen atoms in total. The summed E-state index contributed by atoms with van der Waals surface area (Å²) in [5, 5.41) is 18.9. The molecule has 3 aromatic rings. The Labute approximate surface area is 139 Å². The fourth-order valence-electron chi connectivity index (χ4n) is 2.51. The highest BCUT2D eigenvalue weighted by Crippen LogP contribution is 2.32. The van der Waals surface area contributed by atoms with Crippen molar-refractivity contribution in [2.24, 2.45) is 0 Å². The predicted octanol–water partition coefficient (Wildman–Crippen LogP) is 3.53. The van der Waals surface area contributed by atoms with Crippen LogP contribution in [0.3, 0.4) is 0 Å². The van der Waals surface area contributed by atoms with Crippen molar-refractivity contribution in [3.63, 3.8) is 0 Å². The first-order valence-electron chi connectivity index (χ1n) is 7.41. The summed E-state index contributed by atoms with van der Waals surface area (Å²) in [6.45, 7) is 1.62. The number of fused-ring (bicyclic) bond motifs is 1. The quantitative estimate of drug-likeness (QED) is 0.555. The van der Waals surface area contributed by atoms with Crippen LogP contribution in [0.2, 0.25) is 0 Å². The Morgan fingerprint density at radius 3 is 2.91 bits per heavy atom. The summed E-state index contributed by atoms with van der Waals surface area (Å²) in [6.07, 6.45) is 6.61. The second-order valence-electron chi connectivity index (χ2n) is 5.05. The van der Waals surface area contributed by atoms with Crippen molar-refractivity contribution in [2.75, 3.05) is 18.1 Å². The van der Waals surface area contributed by atoms with Crippen LogP contribution in [0.4, 0.5) is 5.69 Å². The molecule has 3 rings (SSSR count). The molecule has 0 aliphatic carbocycles. The number of pyridine rings is 1. The van der Waals surface area contributed by atoms with Crippen molar-refractivity contribution in [3.05, 3.63) is 48.3 Å². The molecule has 6 heteroatoms. The average molecular weight is 323 g/mol. The molecule has 0 saturated heterocycles. The van der Waals surface area contributed by atoms with Crippen LogP contribution in [0.1, 0.15) is 12.0 Å². The minimum Gasteiger partial charge on any atom is -0.383 e. The van der Waals surface area contributed by atoms with Gasteiger partial charge in [0.15, 0.2) is 0 Å². The largest absolute Gasteiger partial charge is 0.383 e.